The molecule has 0 radical (unpaired) electrons. The Labute approximate surface area is 118 Å². The second-order valence-corrected chi connectivity index (χ2v) is 6.56. The highest BCUT2D eigenvalue weighted by molar-refractivity contribution is 5.01. The number of aryl methyl sites for hydroxylation is 1. The summed E-state index contributed by atoms with van der Waals surface area (Å²) < 4.78 is 2.09. The maximum absolute atomic E-state index is 4.68. The minimum Gasteiger partial charge on any atom is -0.314 e. The number of nitrogens with one attached hydrogen (secondary N) is 1. The summed E-state index contributed by atoms with van der Waals surface area (Å²) in [6.45, 7) is 14.5. The molecule has 3 nitrogen and oxygen atoms in total. The zero-order valence-corrected chi connectivity index (χ0v) is 13.5. The smallest absolute Gasteiger partial charge is 0.0625 e. The molecule has 0 saturated heterocycles. The minimum atomic E-state index is 0.301. The molecule has 3 heteroatoms. The normalized spacial score (nSPS) is 15.5. The lowest BCUT2D eigenvalue weighted by atomic mass is 9.84. The predicted octanol–water partition coefficient (Wildman–Crippen LogP) is 3.81. The monoisotopic (exact) mass is 265 g/mol. The topological polar surface area (TPSA) is 29.9 Å². The highest BCUT2D eigenvalue weighted by Gasteiger charge is 2.23. The van der Waals surface area contributed by atoms with Gasteiger partial charge in [0.15, 0.2) is 0 Å². The average Bonchev–Trinajstić information content (AvgIpc) is 2.80. The Morgan fingerprint density at radius 1 is 1.32 bits per heavy atom. The van der Waals surface area contributed by atoms with Gasteiger partial charge in [-0.2, -0.15) is 5.10 Å². The molecule has 1 N–H and O–H groups in total. The second-order valence-electron chi connectivity index (χ2n) is 6.56. The SMILES string of the molecule is CCNC(CCc1ccn(C(C)CC)n1)C(C)(C)C. The third kappa shape index (κ3) is 4.98. The van der Waals surface area contributed by atoms with Crippen molar-refractivity contribution in [2.75, 3.05) is 6.54 Å². The standard InChI is InChI=1S/C16H31N3/c1-7-13(3)19-12-11-14(18-19)9-10-15(17-8-2)16(4,5)6/h11-13,15,17H,7-10H2,1-6H3. The van der Waals surface area contributed by atoms with Gasteiger partial charge in [-0.05, 0) is 44.2 Å². The molecule has 19 heavy (non-hydrogen) atoms. The molecule has 0 aromatic carbocycles. The van der Waals surface area contributed by atoms with E-state index in [2.05, 4.69) is 68.9 Å². The van der Waals surface area contributed by atoms with Crippen LogP contribution >= 0.6 is 0 Å². The van der Waals surface area contributed by atoms with Crippen LogP contribution in [-0.4, -0.2) is 22.4 Å². The van der Waals surface area contributed by atoms with E-state index < -0.39 is 0 Å². The van der Waals surface area contributed by atoms with E-state index in [1.165, 1.54) is 5.69 Å². The molecule has 2 atom stereocenters. The van der Waals surface area contributed by atoms with Gasteiger partial charge >= 0.3 is 0 Å². The van der Waals surface area contributed by atoms with E-state index in [9.17, 15) is 0 Å². The van der Waals surface area contributed by atoms with Gasteiger partial charge in [0.25, 0.3) is 0 Å². The molecule has 0 aliphatic carbocycles. The molecule has 0 saturated carbocycles. The Morgan fingerprint density at radius 2 is 2.00 bits per heavy atom. The first-order chi connectivity index (χ1) is 8.88. The Bertz CT molecular complexity index is 362. The number of nitrogens with zero attached hydrogens (tertiary/aromatic N) is 2. The van der Waals surface area contributed by atoms with E-state index in [1.807, 2.05) is 0 Å². The van der Waals surface area contributed by atoms with Gasteiger partial charge in [-0.15, -0.1) is 0 Å². The van der Waals surface area contributed by atoms with Gasteiger partial charge in [0.2, 0.25) is 0 Å². The maximum atomic E-state index is 4.68. The van der Waals surface area contributed by atoms with Gasteiger partial charge < -0.3 is 5.32 Å². The molecule has 1 rings (SSSR count). The summed E-state index contributed by atoms with van der Waals surface area (Å²) in [4.78, 5) is 0. The van der Waals surface area contributed by atoms with Crippen molar-refractivity contribution in [3.8, 4) is 0 Å². The predicted molar refractivity (Wildman–Crippen MR) is 82.5 cm³/mol. The Morgan fingerprint density at radius 3 is 2.53 bits per heavy atom. The average molecular weight is 265 g/mol. The van der Waals surface area contributed by atoms with Gasteiger partial charge in [0.05, 0.1) is 5.69 Å². The molecular weight excluding hydrogens is 234 g/mol. The van der Waals surface area contributed by atoms with E-state index in [-0.39, 0.29) is 0 Å². The molecule has 110 valence electrons. The van der Waals surface area contributed by atoms with Crippen LogP contribution in [0.1, 0.15) is 66.1 Å². The van der Waals surface area contributed by atoms with Crippen LogP contribution in [0.3, 0.4) is 0 Å². The number of hydrogen-bond acceptors (Lipinski definition) is 2. The fourth-order valence-electron chi connectivity index (χ4n) is 2.32. The molecule has 1 aromatic heterocycles. The lowest BCUT2D eigenvalue weighted by Crippen LogP contribution is -2.40. The maximum Gasteiger partial charge on any atom is 0.0625 e. The van der Waals surface area contributed by atoms with E-state index in [1.54, 1.807) is 0 Å². The highest BCUT2D eigenvalue weighted by Crippen LogP contribution is 2.23. The second kappa shape index (κ2) is 7.09. The van der Waals surface area contributed by atoms with Gasteiger partial charge in [-0.25, -0.2) is 0 Å². The fraction of sp³-hybridized carbons (Fsp3) is 0.812. The lowest BCUT2D eigenvalue weighted by Gasteiger charge is -2.31. The zero-order chi connectivity index (χ0) is 14.5. The van der Waals surface area contributed by atoms with Crippen molar-refractivity contribution in [3.05, 3.63) is 18.0 Å². The van der Waals surface area contributed by atoms with Crippen LogP contribution in [0.15, 0.2) is 12.3 Å². The Hall–Kier alpha value is -0.830. The molecule has 0 fully saturated rings. The quantitative estimate of drug-likeness (QED) is 0.812. The van der Waals surface area contributed by atoms with Crippen molar-refractivity contribution in [2.24, 2.45) is 5.41 Å². The van der Waals surface area contributed by atoms with Crippen molar-refractivity contribution in [3.63, 3.8) is 0 Å². The van der Waals surface area contributed by atoms with Crippen molar-refractivity contribution in [2.45, 2.75) is 72.9 Å². The molecular formula is C16H31N3. The van der Waals surface area contributed by atoms with Crippen molar-refractivity contribution in [1.29, 1.82) is 0 Å². The first-order valence-corrected chi connectivity index (χ1v) is 7.65. The van der Waals surface area contributed by atoms with E-state index >= 15 is 0 Å². The van der Waals surface area contributed by atoms with Gasteiger partial charge in [0, 0.05) is 18.3 Å². The van der Waals surface area contributed by atoms with Crippen LogP contribution < -0.4 is 5.32 Å². The number of hydrogen-bond donors (Lipinski definition) is 1. The first kappa shape index (κ1) is 16.2. The number of aromatic nitrogens is 2. The summed E-state index contributed by atoms with van der Waals surface area (Å²) >= 11 is 0. The largest absolute Gasteiger partial charge is 0.314 e. The Kier molecular flexibility index (Phi) is 6.05. The molecule has 2 unspecified atom stereocenters. The summed E-state index contributed by atoms with van der Waals surface area (Å²) in [5.41, 5.74) is 1.52. The molecule has 0 aliphatic rings. The van der Waals surface area contributed by atoms with Crippen molar-refractivity contribution >= 4 is 0 Å². The van der Waals surface area contributed by atoms with Gasteiger partial charge in [-0.3, -0.25) is 4.68 Å². The summed E-state index contributed by atoms with van der Waals surface area (Å²) in [7, 11) is 0. The Balaban J connectivity index is 2.57. The molecule has 0 spiro atoms. The summed E-state index contributed by atoms with van der Waals surface area (Å²) in [5.74, 6) is 0. The zero-order valence-electron chi connectivity index (χ0n) is 13.5. The number of rotatable bonds is 7. The van der Waals surface area contributed by atoms with Crippen LogP contribution in [0.25, 0.3) is 0 Å². The van der Waals surface area contributed by atoms with Crippen LogP contribution in [-0.2, 0) is 6.42 Å². The summed E-state index contributed by atoms with van der Waals surface area (Å²) in [6.07, 6.45) is 5.44. The van der Waals surface area contributed by atoms with E-state index in [0.29, 0.717) is 17.5 Å². The third-order valence-electron chi connectivity index (χ3n) is 3.89. The van der Waals surface area contributed by atoms with Crippen LogP contribution in [0, 0.1) is 5.41 Å². The van der Waals surface area contributed by atoms with Crippen molar-refractivity contribution < 1.29 is 0 Å². The molecule has 1 aromatic rings. The molecule has 1 heterocycles. The van der Waals surface area contributed by atoms with Crippen molar-refractivity contribution in [1.82, 2.24) is 15.1 Å². The molecule has 0 amide bonds. The van der Waals surface area contributed by atoms with Crippen LogP contribution in [0.2, 0.25) is 0 Å². The summed E-state index contributed by atoms with van der Waals surface area (Å²) in [5, 5.41) is 8.28. The van der Waals surface area contributed by atoms with E-state index in [4.69, 9.17) is 0 Å². The van der Waals surface area contributed by atoms with Crippen LogP contribution in [0.4, 0.5) is 0 Å². The molecule has 0 bridgehead atoms. The minimum absolute atomic E-state index is 0.301. The van der Waals surface area contributed by atoms with Crippen LogP contribution in [0.5, 0.6) is 0 Å². The first-order valence-electron chi connectivity index (χ1n) is 7.65. The van der Waals surface area contributed by atoms with E-state index in [0.717, 1.165) is 25.8 Å². The lowest BCUT2D eigenvalue weighted by molar-refractivity contribution is 0.257. The summed E-state index contributed by atoms with van der Waals surface area (Å²) in [6, 6.07) is 3.21. The third-order valence-corrected chi connectivity index (χ3v) is 3.89. The van der Waals surface area contributed by atoms with Gasteiger partial charge in [0.1, 0.15) is 0 Å². The van der Waals surface area contributed by atoms with Gasteiger partial charge in [-0.1, -0.05) is 34.6 Å². The highest BCUT2D eigenvalue weighted by atomic mass is 15.3. The molecule has 0 aliphatic heterocycles. The fourth-order valence-corrected chi connectivity index (χ4v) is 2.32.